The number of nitrogens with zero attached hydrogens (tertiary/aromatic N) is 1. The molecule has 0 amide bonds. The minimum absolute atomic E-state index is 0.105. The Balaban J connectivity index is 0.000000686. The van der Waals surface area contributed by atoms with Crippen molar-refractivity contribution < 1.29 is 4.42 Å². The molecule has 94 valence electrons. The van der Waals surface area contributed by atoms with Crippen LogP contribution < -0.4 is 0 Å². The average molecular weight is 272 g/mol. The molecule has 0 saturated carbocycles. The van der Waals surface area contributed by atoms with Crippen molar-refractivity contribution in [2.75, 3.05) is 0 Å². The Hall–Kier alpha value is -0.670. The maximum atomic E-state index is 5.95. The fraction of sp³-hybridized carbons (Fsp3) is 0.462. The van der Waals surface area contributed by atoms with E-state index in [4.69, 9.17) is 16.0 Å². The third kappa shape index (κ3) is 2.96. The zero-order valence-corrected chi connectivity index (χ0v) is 12.5. The van der Waals surface area contributed by atoms with Crippen molar-refractivity contribution in [2.45, 2.75) is 44.9 Å². The second-order valence-electron chi connectivity index (χ2n) is 4.51. The predicted octanol–water partition coefficient (Wildman–Crippen LogP) is 5.09. The standard InChI is InChI=1S/C11H12ClNOS.C2H6/c1-11(2,3)10-13-7-5-4-6(12)9(15)8(7)14-10;1-2/h4-5,15H,1-3H3;1-2H3. The highest BCUT2D eigenvalue weighted by molar-refractivity contribution is 7.80. The number of hydrogen-bond donors (Lipinski definition) is 1. The number of rotatable bonds is 0. The van der Waals surface area contributed by atoms with Crippen molar-refractivity contribution in [3.8, 4) is 0 Å². The zero-order chi connectivity index (χ0) is 13.2. The van der Waals surface area contributed by atoms with E-state index in [1.807, 2.05) is 19.9 Å². The molecule has 2 rings (SSSR count). The van der Waals surface area contributed by atoms with E-state index in [9.17, 15) is 0 Å². The van der Waals surface area contributed by atoms with Crippen molar-refractivity contribution in [3.05, 3.63) is 23.0 Å². The number of thiol groups is 1. The molecule has 2 aromatic rings. The minimum atomic E-state index is -0.105. The van der Waals surface area contributed by atoms with E-state index < -0.39 is 0 Å². The van der Waals surface area contributed by atoms with E-state index in [2.05, 4.69) is 38.4 Å². The fourth-order valence-electron chi connectivity index (χ4n) is 1.27. The highest BCUT2D eigenvalue weighted by Crippen LogP contribution is 2.32. The molecule has 0 spiro atoms. The third-order valence-electron chi connectivity index (χ3n) is 2.12. The lowest BCUT2D eigenvalue weighted by Crippen LogP contribution is -2.10. The van der Waals surface area contributed by atoms with Crippen LogP contribution in [0, 0.1) is 0 Å². The number of hydrogen-bond acceptors (Lipinski definition) is 3. The Bertz CT molecular complexity index is 514. The molecule has 0 aliphatic carbocycles. The number of benzene rings is 1. The van der Waals surface area contributed by atoms with Gasteiger partial charge in [0, 0.05) is 5.41 Å². The highest BCUT2D eigenvalue weighted by Gasteiger charge is 2.21. The van der Waals surface area contributed by atoms with Gasteiger partial charge in [-0.2, -0.15) is 0 Å². The van der Waals surface area contributed by atoms with Gasteiger partial charge in [-0.25, -0.2) is 4.98 Å². The first-order valence-corrected chi connectivity index (χ1v) is 6.50. The van der Waals surface area contributed by atoms with Crippen LogP contribution in [0.5, 0.6) is 0 Å². The van der Waals surface area contributed by atoms with Crippen LogP contribution in [0.4, 0.5) is 0 Å². The van der Waals surface area contributed by atoms with Gasteiger partial charge in [-0.1, -0.05) is 46.2 Å². The summed E-state index contributed by atoms with van der Waals surface area (Å²) in [5.41, 5.74) is 1.36. The van der Waals surface area contributed by atoms with Crippen molar-refractivity contribution >= 4 is 35.3 Å². The van der Waals surface area contributed by atoms with E-state index >= 15 is 0 Å². The molecule has 2 nitrogen and oxygen atoms in total. The lowest BCUT2D eigenvalue weighted by Gasteiger charge is -2.11. The van der Waals surface area contributed by atoms with Crippen LogP contribution in [0.25, 0.3) is 11.1 Å². The van der Waals surface area contributed by atoms with Crippen LogP contribution in [0.2, 0.25) is 5.02 Å². The van der Waals surface area contributed by atoms with Crippen molar-refractivity contribution in [1.82, 2.24) is 4.98 Å². The lowest BCUT2D eigenvalue weighted by atomic mass is 9.97. The maximum Gasteiger partial charge on any atom is 0.200 e. The van der Waals surface area contributed by atoms with E-state index in [1.54, 1.807) is 6.07 Å². The highest BCUT2D eigenvalue weighted by atomic mass is 35.5. The normalized spacial score (nSPS) is 11.2. The summed E-state index contributed by atoms with van der Waals surface area (Å²) >= 11 is 10.3. The molecular weight excluding hydrogens is 254 g/mol. The Labute approximate surface area is 113 Å². The monoisotopic (exact) mass is 271 g/mol. The summed E-state index contributed by atoms with van der Waals surface area (Å²) in [6.45, 7) is 10.2. The van der Waals surface area contributed by atoms with Crippen LogP contribution in [0.1, 0.15) is 40.5 Å². The van der Waals surface area contributed by atoms with E-state index in [0.29, 0.717) is 21.4 Å². The first kappa shape index (κ1) is 14.4. The van der Waals surface area contributed by atoms with Crippen LogP contribution in [-0.4, -0.2) is 4.98 Å². The van der Waals surface area contributed by atoms with Crippen molar-refractivity contribution in [1.29, 1.82) is 0 Å². The quantitative estimate of drug-likeness (QED) is 0.675. The van der Waals surface area contributed by atoms with Gasteiger partial charge < -0.3 is 4.42 Å². The zero-order valence-electron chi connectivity index (χ0n) is 10.8. The van der Waals surface area contributed by atoms with Gasteiger partial charge in [0.15, 0.2) is 5.58 Å². The lowest BCUT2D eigenvalue weighted by molar-refractivity contribution is 0.409. The predicted molar refractivity (Wildman–Crippen MR) is 76.3 cm³/mol. The maximum absolute atomic E-state index is 5.95. The molecule has 0 saturated heterocycles. The van der Waals surface area contributed by atoms with E-state index in [0.717, 1.165) is 5.52 Å². The molecular formula is C13H18ClNOS. The molecule has 0 atom stereocenters. The van der Waals surface area contributed by atoms with Crippen molar-refractivity contribution in [3.63, 3.8) is 0 Å². The Kier molecular flexibility index (Phi) is 4.50. The molecule has 0 bridgehead atoms. The number of oxazole rings is 1. The van der Waals surface area contributed by atoms with Crippen molar-refractivity contribution in [2.24, 2.45) is 0 Å². The Morgan fingerprint density at radius 1 is 1.24 bits per heavy atom. The molecule has 0 radical (unpaired) electrons. The summed E-state index contributed by atoms with van der Waals surface area (Å²) in [6.07, 6.45) is 0. The molecule has 1 aromatic heterocycles. The molecule has 17 heavy (non-hydrogen) atoms. The third-order valence-corrected chi connectivity index (χ3v) is 3.01. The van der Waals surface area contributed by atoms with Gasteiger partial charge in [-0.05, 0) is 12.1 Å². The molecule has 0 aliphatic rings. The number of halogens is 1. The van der Waals surface area contributed by atoms with Gasteiger partial charge in [-0.15, -0.1) is 12.6 Å². The molecule has 0 unspecified atom stereocenters. The van der Waals surface area contributed by atoms with Crippen LogP contribution in [0.3, 0.4) is 0 Å². The second-order valence-corrected chi connectivity index (χ2v) is 5.37. The van der Waals surface area contributed by atoms with Crippen LogP contribution >= 0.6 is 24.2 Å². The first-order chi connectivity index (χ1) is 7.89. The molecule has 0 N–H and O–H groups in total. The molecule has 0 fully saturated rings. The van der Waals surface area contributed by atoms with Crippen LogP contribution in [-0.2, 0) is 5.41 Å². The average Bonchev–Trinajstić information content (AvgIpc) is 2.71. The molecule has 0 aliphatic heterocycles. The molecule has 1 aromatic carbocycles. The van der Waals surface area contributed by atoms with Gasteiger partial charge >= 0.3 is 0 Å². The smallest absolute Gasteiger partial charge is 0.200 e. The summed E-state index contributed by atoms with van der Waals surface area (Å²) < 4.78 is 5.67. The summed E-state index contributed by atoms with van der Waals surface area (Å²) in [4.78, 5) is 5.06. The molecule has 1 heterocycles. The first-order valence-electron chi connectivity index (χ1n) is 5.68. The molecule has 4 heteroatoms. The fourth-order valence-corrected chi connectivity index (χ4v) is 1.66. The van der Waals surface area contributed by atoms with E-state index in [-0.39, 0.29) is 5.41 Å². The van der Waals surface area contributed by atoms with Gasteiger partial charge in [0.2, 0.25) is 5.89 Å². The van der Waals surface area contributed by atoms with Crippen LogP contribution in [0.15, 0.2) is 21.4 Å². The minimum Gasteiger partial charge on any atom is -0.439 e. The summed E-state index contributed by atoms with van der Waals surface area (Å²) in [5, 5.41) is 0.586. The van der Waals surface area contributed by atoms with Gasteiger partial charge in [0.25, 0.3) is 0 Å². The number of aromatic nitrogens is 1. The van der Waals surface area contributed by atoms with Gasteiger partial charge in [0.05, 0.1) is 9.92 Å². The van der Waals surface area contributed by atoms with E-state index in [1.165, 1.54) is 0 Å². The van der Waals surface area contributed by atoms with Gasteiger partial charge in [-0.3, -0.25) is 0 Å². The number of fused-ring (bicyclic) bond motifs is 1. The topological polar surface area (TPSA) is 26.0 Å². The second kappa shape index (κ2) is 5.32. The van der Waals surface area contributed by atoms with Gasteiger partial charge in [0.1, 0.15) is 5.52 Å². The SMILES string of the molecule is CC.CC(C)(C)c1nc2ccc(Cl)c(S)c2o1. The summed E-state index contributed by atoms with van der Waals surface area (Å²) in [5.74, 6) is 0.704. The summed E-state index contributed by atoms with van der Waals surface area (Å²) in [6, 6.07) is 3.62. The largest absolute Gasteiger partial charge is 0.439 e. The Morgan fingerprint density at radius 3 is 2.35 bits per heavy atom. The summed E-state index contributed by atoms with van der Waals surface area (Å²) in [7, 11) is 0. The Morgan fingerprint density at radius 2 is 1.82 bits per heavy atom.